The second-order valence-electron chi connectivity index (χ2n) is 4.71. The average Bonchev–Trinajstić information content (AvgIpc) is 2.90. The molecule has 2 aromatic rings. The van der Waals surface area contributed by atoms with E-state index in [1.807, 2.05) is 13.8 Å². The Morgan fingerprint density at radius 1 is 1.38 bits per heavy atom. The van der Waals surface area contributed by atoms with Crippen molar-refractivity contribution >= 4 is 29.1 Å². The van der Waals surface area contributed by atoms with Gasteiger partial charge in [-0.1, -0.05) is 25.4 Å². The zero-order valence-corrected chi connectivity index (χ0v) is 12.2. The Labute approximate surface area is 125 Å². The van der Waals surface area contributed by atoms with Crippen molar-refractivity contribution in [1.29, 1.82) is 0 Å². The maximum absolute atomic E-state index is 12.0. The van der Waals surface area contributed by atoms with Gasteiger partial charge in [-0.05, 0) is 18.2 Å². The van der Waals surface area contributed by atoms with Crippen molar-refractivity contribution in [2.45, 2.75) is 19.8 Å². The minimum Gasteiger partial charge on any atom is -0.366 e. The van der Waals surface area contributed by atoms with Crippen LogP contribution in [0.15, 0.2) is 18.2 Å². The molecule has 0 unspecified atom stereocenters. The number of nitrogens with zero attached hydrogens (tertiary/aromatic N) is 2. The average molecular weight is 308 g/mol. The lowest BCUT2D eigenvalue weighted by atomic mass is 10.2. The third-order valence-corrected chi connectivity index (χ3v) is 3.07. The number of amides is 2. The second kappa shape index (κ2) is 5.92. The molecule has 21 heavy (non-hydrogen) atoms. The summed E-state index contributed by atoms with van der Waals surface area (Å²) in [5, 5.41) is 9.34. The number of rotatable bonds is 4. The van der Waals surface area contributed by atoms with Crippen LogP contribution in [0.2, 0.25) is 5.02 Å². The van der Waals surface area contributed by atoms with Gasteiger partial charge in [0.05, 0.1) is 10.6 Å². The van der Waals surface area contributed by atoms with Gasteiger partial charge in [0.25, 0.3) is 5.91 Å². The number of nitrogens with one attached hydrogen (secondary N) is 2. The molecule has 0 spiro atoms. The quantitative estimate of drug-likeness (QED) is 0.800. The lowest BCUT2D eigenvalue weighted by Gasteiger charge is -2.05. The summed E-state index contributed by atoms with van der Waals surface area (Å²) in [5.74, 6) is -0.383. The molecule has 0 aliphatic heterocycles. The number of anilines is 1. The SMILES string of the molecule is CC(C)c1nc(C(=O)Nc2ccc(Cl)c(C(N)=O)c2)n[nH]1. The molecule has 0 atom stereocenters. The molecule has 1 aromatic carbocycles. The van der Waals surface area contributed by atoms with Crippen molar-refractivity contribution in [2.75, 3.05) is 5.32 Å². The highest BCUT2D eigenvalue weighted by Crippen LogP contribution is 2.20. The van der Waals surface area contributed by atoms with Crippen LogP contribution in [0.25, 0.3) is 0 Å². The van der Waals surface area contributed by atoms with E-state index in [0.717, 1.165) is 0 Å². The fraction of sp³-hybridized carbons (Fsp3) is 0.231. The van der Waals surface area contributed by atoms with Gasteiger partial charge < -0.3 is 11.1 Å². The predicted octanol–water partition coefficient (Wildman–Crippen LogP) is 1.93. The van der Waals surface area contributed by atoms with Crippen LogP contribution in [0.1, 0.15) is 46.6 Å². The topological polar surface area (TPSA) is 114 Å². The molecule has 7 nitrogen and oxygen atoms in total. The molecule has 1 aromatic heterocycles. The summed E-state index contributed by atoms with van der Waals surface area (Å²) >= 11 is 5.84. The normalized spacial score (nSPS) is 10.7. The Morgan fingerprint density at radius 3 is 2.67 bits per heavy atom. The zero-order chi connectivity index (χ0) is 15.6. The number of halogens is 1. The molecule has 1 heterocycles. The number of aromatic amines is 1. The molecule has 2 rings (SSSR count). The van der Waals surface area contributed by atoms with Crippen LogP contribution in [0.5, 0.6) is 0 Å². The molecule has 0 bridgehead atoms. The van der Waals surface area contributed by atoms with Crippen LogP contribution in [-0.2, 0) is 0 Å². The van der Waals surface area contributed by atoms with Gasteiger partial charge in [-0.3, -0.25) is 14.7 Å². The van der Waals surface area contributed by atoms with Crippen molar-refractivity contribution in [2.24, 2.45) is 5.73 Å². The standard InChI is InChI=1S/C13H14ClN5O2/c1-6(2)11-17-12(19-18-11)13(21)16-7-3-4-9(14)8(5-7)10(15)20/h3-6H,1-2H3,(H2,15,20)(H,16,21)(H,17,18,19). The number of hydrogen-bond acceptors (Lipinski definition) is 4. The Balaban J connectivity index is 2.19. The van der Waals surface area contributed by atoms with E-state index in [-0.39, 0.29) is 22.3 Å². The van der Waals surface area contributed by atoms with E-state index >= 15 is 0 Å². The molecule has 110 valence electrons. The van der Waals surface area contributed by atoms with Crippen molar-refractivity contribution in [3.8, 4) is 0 Å². The molecule has 0 radical (unpaired) electrons. The smallest absolute Gasteiger partial charge is 0.295 e. The number of aromatic nitrogens is 3. The van der Waals surface area contributed by atoms with Gasteiger partial charge in [0.1, 0.15) is 5.82 Å². The third-order valence-electron chi connectivity index (χ3n) is 2.74. The van der Waals surface area contributed by atoms with Crippen molar-refractivity contribution in [3.63, 3.8) is 0 Å². The maximum Gasteiger partial charge on any atom is 0.295 e. The second-order valence-corrected chi connectivity index (χ2v) is 5.12. The molecule has 0 saturated carbocycles. The van der Waals surface area contributed by atoms with E-state index in [2.05, 4.69) is 20.5 Å². The summed E-state index contributed by atoms with van der Waals surface area (Å²) in [6.07, 6.45) is 0. The fourth-order valence-electron chi connectivity index (χ4n) is 1.61. The van der Waals surface area contributed by atoms with Crippen molar-refractivity contribution in [3.05, 3.63) is 40.4 Å². The summed E-state index contributed by atoms with van der Waals surface area (Å²) in [4.78, 5) is 27.3. The lowest BCUT2D eigenvalue weighted by Crippen LogP contribution is -2.16. The van der Waals surface area contributed by atoms with Crippen LogP contribution in [0, 0.1) is 0 Å². The summed E-state index contributed by atoms with van der Waals surface area (Å²) in [5.41, 5.74) is 5.71. The number of nitrogens with two attached hydrogens (primary N) is 1. The van der Waals surface area contributed by atoms with Gasteiger partial charge in [0, 0.05) is 11.6 Å². The van der Waals surface area contributed by atoms with Gasteiger partial charge in [0.2, 0.25) is 11.7 Å². The highest BCUT2D eigenvalue weighted by molar-refractivity contribution is 6.34. The Morgan fingerprint density at radius 2 is 2.10 bits per heavy atom. The first-order chi connectivity index (χ1) is 9.88. The van der Waals surface area contributed by atoms with Crippen LogP contribution >= 0.6 is 11.6 Å². The third kappa shape index (κ3) is 3.38. The van der Waals surface area contributed by atoms with E-state index in [1.165, 1.54) is 12.1 Å². The fourth-order valence-corrected chi connectivity index (χ4v) is 1.82. The van der Waals surface area contributed by atoms with Gasteiger partial charge in [0.15, 0.2) is 0 Å². The minimum atomic E-state index is -0.670. The number of H-pyrrole nitrogens is 1. The highest BCUT2D eigenvalue weighted by Gasteiger charge is 2.15. The molecule has 0 fully saturated rings. The molecule has 8 heteroatoms. The Bertz CT molecular complexity index is 696. The van der Waals surface area contributed by atoms with Gasteiger partial charge in [-0.25, -0.2) is 4.98 Å². The number of primary amides is 1. The molecule has 0 aliphatic carbocycles. The van der Waals surface area contributed by atoms with Crippen LogP contribution in [0.4, 0.5) is 5.69 Å². The molecule has 2 amide bonds. The largest absolute Gasteiger partial charge is 0.366 e. The van der Waals surface area contributed by atoms with E-state index in [0.29, 0.717) is 11.5 Å². The van der Waals surface area contributed by atoms with Gasteiger partial charge >= 0.3 is 0 Å². The lowest BCUT2D eigenvalue weighted by molar-refractivity contribution is 0.0994. The number of carbonyl (C=O) groups excluding carboxylic acids is 2. The molecule has 0 saturated heterocycles. The van der Waals surface area contributed by atoms with Gasteiger partial charge in [-0.15, -0.1) is 5.10 Å². The predicted molar refractivity (Wildman–Crippen MR) is 78.4 cm³/mol. The Hall–Kier alpha value is -2.41. The summed E-state index contributed by atoms with van der Waals surface area (Å²) in [7, 11) is 0. The van der Waals surface area contributed by atoms with Crippen LogP contribution in [-0.4, -0.2) is 27.0 Å². The van der Waals surface area contributed by atoms with Crippen molar-refractivity contribution in [1.82, 2.24) is 15.2 Å². The summed E-state index contributed by atoms with van der Waals surface area (Å²) < 4.78 is 0. The maximum atomic E-state index is 12.0. The summed E-state index contributed by atoms with van der Waals surface area (Å²) in [6.45, 7) is 3.86. The first-order valence-electron chi connectivity index (χ1n) is 6.21. The van der Waals surface area contributed by atoms with E-state index in [9.17, 15) is 9.59 Å². The van der Waals surface area contributed by atoms with E-state index in [4.69, 9.17) is 17.3 Å². The first-order valence-corrected chi connectivity index (χ1v) is 6.59. The van der Waals surface area contributed by atoms with Crippen LogP contribution in [0.3, 0.4) is 0 Å². The minimum absolute atomic E-state index is 0.0225. The number of carbonyl (C=O) groups is 2. The van der Waals surface area contributed by atoms with E-state index < -0.39 is 11.8 Å². The first kappa shape index (κ1) is 15.0. The number of hydrogen-bond donors (Lipinski definition) is 3. The van der Waals surface area contributed by atoms with Crippen LogP contribution < -0.4 is 11.1 Å². The molecular formula is C13H14ClN5O2. The Kier molecular flexibility index (Phi) is 4.23. The summed E-state index contributed by atoms with van der Waals surface area (Å²) in [6, 6.07) is 4.44. The highest BCUT2D eigenvalue weighted by atomic mass is 35.5. The molecule has 4 N–H and O–H groups in total. The molecular weight excluding hydrogens is 294 g/mol. The molecule has 0 aliphatic rings. The monoisotopic (exact) mass is 307 g/mol. The van der Waals surface area contributed by atoms with E-state index in [1.54, 1.807) is 6.07 Å². The zero-order valence-electron chi connectivity index (χ0n) is 11.5. The van der Waals surface area contributed by atoms with Crippen molar-refractivity contribution < 1.29 is 9.59 Å². The van der Waals surface area contributed by atoms with Gasteiger partial charge in [-0.2, -0.15) is 0 Å². The number of benzene rings is 1.